The molecule has 0 spiro atoms. The first-order chi connectivity index (χ1) is 5.97. The lowest BCUT2D eigenvalue weighted by atomic mass is 10.2. The largest absolute Gasteiger partial charge is 0.378 e. The first kappa shape index (κ1) is 9.96. The number of ether oxygens (including phenoxy) is 1. The van der Waals surface area contributed by atoms with Gasteiger partial charge in [-0.3, -0.25) is 4.90 Å². The van der Waals surface area contributed by atoms with Crippen LogP contribution in [0.15, 0.2) is 0 Å². The lowest BCUT2D eigenvalue weighted by molar-refractivity contribution is -0.0168. The molecule has 0 amide bonds. The molecule has 0 saturated carbocycles. The van der Waals surface area contributed by atoms with Gasteiger partial charge in [-0.1, -0.05) is 13.8 Å². The van der Waals surface area contributed by atoms with Crippen LogP contribution in [0.1, 0.15) is 13.8 Å². The molecule has 0 aliphatic carbocycles. The van der Waals surface area contributed by atoms with Gasteiger partial charge in [0, 0.05) is 32.2 Å². The highest BCUT2D eigenvalue weighted by atomic mass is 16.5. The van der Waals surface area contributed by atoms with Crippen LogP contribution < -0.4 is 5.32 Å². The third-order valence-corrected chi connectivity index (χ3v) is 2.31. The quantitative estimate of drug-likeness (QED) is 0.569. The summed E-state index contributed by atoms with van der Waals surface area (Å²) in [5.74, 6) is 0. The second-order valence-corrected chi connectivity index (χ2v) is 2.97. The summed E-state index contributed by atoms with van der Waals surface area (Å²) in [6.45, 7) is 10.4. The zero-order valence-electron chi connectivity index (χ0n) is 8.18. The smallest absolute Gasteiger partial charge is 0.0634 e. The van der Waals surface area contributed by atoms with Crippen LogP contribution in [0.25, 0.3) is 0 Å². The molecule has 1 N–H and O–H groups in total. The van der Waals surface area contributed by atoms with Crippen LogP contribution in [0.5, 0.6) is 0 Å². The van der Waals surface area contributed by atoms with Gasteiger partial charge in [0.25, 0.3) is 0 Å². The number of hydrogen-bond acceptors (Lipinski definition) is 3. The zero-order chi connectivity index (χ0) is 8.81. The Bertz CT molecular complexity index is 93.1. The predicted octanol–water partition coefficient (Wildman–Crippen LogP) is 0.317. The fourth-order valence-corrected chi connectivity index (χ4v) is 1.66. The molecule has 1 atom stereocenters. The van der Waals surface area contributed by atoms with Crippen LogP contribution in [-0.4, -0.2) is 50.3 Å². The lowest BCUT2D eigenvalue weighted by Crippen LogP contribution is -2.56. The van der Waals surface area contributed by atoms with Crippen molar-refractivity contribution in [1.82, 2.24) is 10.2 Å². The van der Waals surface area contributed by atoms with Crippen molar-refractivity contribution in [1.29, 1.82) is 0 Å². The normalized spacial score (nSPS) is 30.0. The van der Waals surface area contributed by atoms with Crippen LogP contribution in [-0.2, 0) is 4.74 Å². The molecule has 0 aromatic rings. The summed E-state index contributed by atoms with van der Waals surface area (Å²) in [5, 5.41) is 3.36. The Kier molecular flexibility index (Phi) is 4.58. The standard InChI is InChI=1S/C7H14N2O.C2H6/c1-2-9-3-4-10-6-7(9)5-8-1;1-2/h7-8H,1-6H2;1-2H3/t7-;/m1./s1. The molecule has 3 heteroatoms. The van der Waals surface area contributed by atoms with Crippen molar-refractivity contribution in [2.45, 2.75) is 19.9 Å². The molecule has 72 valence electrons. The summed E-state index contributed by atoms with van der Waals surface area (Å²) < 4.78 is 5.36. The molecule has 2 aliphatic heterocycles. The Morgan fingerprint density at radius 3 is 2.92 bits per heavy atom. The molecule has 2 saturated heterocycles. The first-order valence-corrected chi connectivity index (χ1v) is 4.99. The minimum absolute atomic E-state index is 0.655. The molecule has 12 heavy (non-hydrogen) atoms. The van der Waals surface area contributed by atoms with Crippen molar-refractivity contribution in [2.24, 2.45) is 0 Å². The summed E-state index contributed by atoms with van der Waals surface area (Å²) in [7, 11) is 0. The average Bonchev–Trinajstić information content (AvgIpc) is 2.21. The Balaban J connectivity index is 0.000000336. The van der Waals surface area contributed by atoms with Gasteiger partial charge in [-0.2, -0.15) is 0 Å². The summed E-state index contributed by atoms with van der Waals surface area (Å²) in [6.07, 6.45) is 0. The monoisotopic (exact) mass is 172 g/mol. The van der Waals surface area contributed by atoms with Crippen LogP contribution in [0, 0.1) is 0 Å². The number of nitrogens with zero attached hydrogens (tertiary/aromatic N) is 1. The molecule has 0 bridgehead atoms. The molecule has 2 fully saturated rings. The van der Waals surface area contributed by atoms with Crippen molar-refractivity contribution < 1.29 is 4.74 Å². The maximum atomic E-state index is 5.36. The molecule has 3 nitrogen and oxygen atoms in total. The van der Waals surface area contributed by atoms with E-state index in [-0.39, 0.29) is 0 Å². The Labute approximate surface area is 75.1 Å². The highest BCUT2D eigenvalue weighted by Gasteiger charge is 2.24. The van der Waals surface area contributed by atoms with Crippen molar-refractivity contribution in [3.63, 3.8) is 0 Å². The Morgan fingerprint density at radius 2 is 2.17 bits per heavy atom. The average molecular weight is 172 g/mol. The van der Waals surface area contributed by atoms with E-state index in [2.05, 4.69) is 10.2 Å². The summed E-state index contributed by atoms with van der Waals surface area (Å²) >= 11 is 0. The van der Waals surface area contributed by atoms with Crippen molar-refractivity contribution in [3.8, 4) is 0 Å². The highest BCUT2D eigenvalue weighted by molar-refractivity contribution is 4.81. The SMILES string of the molecule is C1CN2CCOC[C@H]2CN1.CC. The van der Waals surface area contributed by atoms with Gasteiger partial charge < -0.3 is 10.1 Å². The lowest BCUT2D eigenvalue weighted by Gasteiger charge is -2.39. The number of rotatable bonds is 0. The fraction of sp³-hybridized carbons (Fsp3) is 1.00. The van der Waals surface area contributed by atoms with Crippen LogP contribution in [0.2, 0.25) is 0 Å². The Morgan fingerprint density at radius 1 is 1.33 bits per heavy atom. The van der Waals surface area contributed by atoms with E-state index in [1.807, 2.05) is 13.8 Å². The molecular formula is C9H20N2O. The van der Waals surface area contributed by atoms with E-state index in [4.69, 9.17) is 4.74 Å². The molecule has 0 unspecified atom stereocenters. The minimum Gasteiger partial charge on any atom is -0.378 e. The van der Waals surface area contributed by atoms with Gasteiger partial charge in [-0.05, 0) is 0 Å². The van der Waals surface area contributed by atoms with Gasteiger partial charge in [0.05, 0.1) is 13.2 Å². The summed E-state index contributed by atoms with van der Waals surface area (Å²) in [4.78, 5) is 2.51. The van der Waals surface area contributed by atoms with E-state index in [0.29, 0.717) is 6.04 Å². The van der Waals surface area contributed by atoms with Crippen LogP contribution >= 0.6 is 0 Å². The number of nitrogens with one attached hydrogen (secondary N) is 1. The number of morpholine rings is 1. The van der Waals surface area contributed by atoms with E-state index in [0.717, 1.165) is 32.8 Å². The molecule has 0 aromatic carbocycles. The van der Waals surface area contributed by atoms with Crippen LogP contribution in [0.3, 0.4) is 0 Å². The fourth-order valence-electron chi connectivity index (χ4n) is 1.66. The maximum Gasteiger partial charge on any atom is 0.0634 e. The van der Waals surface area contributed by atoms with Gasteiger partial charge in [0.2, 0.25) is 0 Å². The van der Waals surface area contributed by atoms with Gasteiger partial charge in [0.15, 0.2) is 0 Å². The van der Waals surface area contributed by atoms with E-state index in [1.165, 1.54) is 6.54 Å². The molecule has 2 aliphatic rings. The topological polar surface area (TPSA) is 24.5 Å². The van der Waals surface area contributed by atoms with E-state index < -0.39 is 0 Å². The van der Waals surface area contributed by atoms with Gasteiger partial charge in [-0.25, -0.2) is 0 Å². The van der Waals surface area contributed by atoms with Crippen LogP contribution in [0.4, 0.5) is 0 Å². The molecule has 0 radical (unpaired) electrons. The van der Waals surface area contributed by atoms with Crippen molar-refractivity contribution >= 4 is 0 Å². The second kappa shape index (κ2) is 5.51. The van der Waals surface area contributed by atoms with Gasteiger partial charge >= 0.3 is 0 Å². The third kappa shape index (κ3) is 2.44. The molecule has 0 aromatic heterocycles. The second-order valence-electron chi connectivity index (χ2n) is 2.97. The molecule has 2 heterocycles. The van der Waals surface area contributed by atoms with E-state index in [1.54, 1.807) is 0 Å². The number of hydrogen-bond donors (Lipinski definition) is 1. The maximum absolute atomic E-state index is 5.36. The molecular weight excluding hydrogens is 152 g/mol. The third-order valence-electron chi connectivity index (χ3n) is 2.31. The van der Waals surface area contributed by atoms with Crippen molar-refractivity contribution in [3.05, 3.63) is 0 Å². The number of fused-ring (bicyclic) bond motifs is 1. The van der Waals surface area contributed by atoms with E-state index >= 15 is 0 Å². The minimum atomic E-state index is 0.655. The highest BCUT2D eigenvalue weighted by Crippen LogP contribution is 2.07. The van der Waals surface area contributed by atoms with Gasteiger partial charge in [-0.15, -0.1) is 0 Å². The first-order valence-electron chi connectivity index (χ1n) is 4.99. The zero-order valence-corrected chi connectivity index (χ0v) is 8.18. The predicted molar refractivity (Wildman–Crippen MR) is 50.4 cm³/mol. The number of piperazine rings is 1. The summed E-state index contributed by atoms with van der Waals surface area (Å²) in [6, 6.07) is 0.655. The van der Waals surface area contributed by atoms with E-state index in [9.17, 15) is 0 Å². The Hall–Kier alpha value is -0.120. The van der Waals surface area contributed by atoms with Crippen molar-refractivity contribution in [2.75, 3.05) is 39.4 Å². The van der Waals surface area contributed by atoms with Gasteiger partial charge in [0.1, 0.15) is 0 Å². The molecule has 2 rings (SSSR count). The summed E-state index contributed by atoms with van der Waals surface area (Å²) in [5.41, 5.74) is 0.